The van der Waals surface area contributed by atoms with Crippen LogP contribution in [-0.2, 0) is 16.6 Å². The molecule has 0 saturated carbocycles. The Morgan fingerprint density at radius 3 is 2.10 bits per heavy atom. The number of hydrogen-bond donors (Lipinski definition) is 1. The SMILES string of the molecule is Cc1cc(C)c(S(=O)(=O)NC(Cn2c(C)c(C)c3cccc(C)c32)C(F)(F)F)c(C)c1. The van der Waals surface area contributed by atoms with Crippen LogP contribution in [0.4, 0.5) is 13.2 Å². The third kappa shape index (κ3) is 4.36. The Kier molecular flexibility index (Phi) is 6.01. The number of nitrogens with zero attached hydrogens (tertiary/aromatic N) is 1. The lowest BCUT2D eigenvalue weighted by molar-refractivity contribution is -0.154. The average Bonchev–Trinajstić information content (AvgIpc) is 2.85. The third-order valence-electron chi connectivity index (χ3n) is 5.79. The molecule has 168 valence electrons. The summed E-state index contributed by atoms with van der Waals surface area (Å²) in [6, 6.07) is 6.60. The molecule has 8 heteroatoms. The molecule has 1 heterocycles. The van der Waals surface area contributed by atoms with Gasteiger partial charge in [0.2, 0.25) is 10.0 Å². The molecule has 0 spiro atoms. The standard InChI is InChI=1S/C23H27F3N2O2S/c1-13-10-15(3)22(16(4)11-13)31(29,30)27-20(23(24,25)26)12-28-18(6)17(5)19-9-7-8-14(2)21(19)28/h7-11,20,27H,12H2,1-6H3. The molecule has 0 aliphatic rings. The zero-order valence-electron chi connectivity index (χ0n) is 18.5. The highest BCUT2D eigenvalue weighted by atomic mass is 32.2. The molecule has 2 aromatic carbocycles. The van der Waals surface area contributed by atoms with Crippen LogP contribution in [0.2, 0.25) is 0 Å². The van der Waals surface area contributed by atoms with E-state index in [-0.39, 0.29) is 4.90 Å². The van der Waals surface area contributed by atoms with E-state index in [9.17, 15) is 21.6 Å². The van der Waals surface area contributed by atoms with Crippen molar-refractivity contribution in [2.45, 2.75) is 65.2 Å². The number of hydrogen-bond acceptors (Lipinski definition) is 2. The molecule has 0 saturated heterocycles. The largest absolute Gasteiger partial charge is 0.406 e. The van der Waals surface area contributed by atoms with Gasteiger partial charge in [0.1, 0.15) is 6.04 Å². The second-order valence-corrected chi connectivity index (χ2v) is 9.89. The Bertz CT molecular complexity index is 1240. The molecule has 1 atom stereocenters. The van der Waals surface area contributed by atoms with Crippen molar-refractivity contribution in [3.8, 4) is 0 Å². The number of fused-ring (bicyclic) bond motifs is 1. The molecule has 4 nitrogen and oxygen atoms in total. The number of sulfonamides is 1. The number of para-hydroxylation sites is 1. The van der Waals surface area contributed by atoms with E-state index < -0.39 is 28.8 Å². The number of aryl methyl sites for hydroxylation is 5. The van der Waals surface area contributed by atoms with Crippen LogP contribution >= 0.6 is 0 Å². The van der Waals surface area contributed by atoms with Gasteiger partial charge in [0, 0.05) is 17.6 Å². The summed E-state index contributed by atoms with van der Waals surface area (Å²) in [5, 5.41) is 0.867. The summed E-state index contributed by atoms with van der Waals surface area (Å²) in [4.78, 5) is -0.103. The van der Waals surface area contributed by atoms with E-state index in [2.05, 4.69) is 0 Å². The van der Waals surface area contributed by atoms with E-state index in [0.717, 1.165) is 22.1 Å². The molecule has 0 bridgehead atoms. The second-order valence-electron chi connectivity index (χ2n) is 8.24. The Morgan fingerprint density at radius 1 is 0.968 bits per heavy atom. The quantitative estimate of drug-likeness (QED) is 0.563. The monoisotopic (exact) mass is 452 g/mol. The predicted molar refractivity (Wildman–Crippen MR) is 117 cm³/mol. The Balaban J connectivity index is 2.09. The lowest BCUT2D eigenvalue weighted by Crippen LogP contribution is -2.48. The highest BCUT2D eigenvalue weighted by molar-refractivity contribution is 7.89. The first-order chi connectivity index (χ1) is 14.2. The van der Waals surface area contributed by atoms with E-state index in [0.29, 0.717) is 22.3 Å². The Hall–Kier alpha value is -2.32. The highest BCUT2D eigenvalue weighted by Gasteiger charge is 2.43. The zero-order chi connectivity index (χ0) is 23.3. The van der Waals surface area contributed by atoms with Crippen molar-refractivity contribution in [3.05, 3.63) is 63.8 Å². The lowest BCUT2D eigenvalue weighted by atomic mass is 10.1. The van der Waals surface area contributed by atoms with E-state index in [1.165, 1.54) is 0 Å². The van der Waals surface area contributed by atoms with Crippen LogP contribution in [0.5, 0.6) is 0 Å². The summed E-state index contributed by atoms with van der Waals surface area (Å²) in [5.74, 6) is 0. The van der Waals surface area contributed by atoms with Gasteiger partial charge >= 0.3 is 6.18 Å². The molecule has 1 aromatic heterocycles. The van der Waals surface area contributed by atoms with Crippen molar-refractivity contribution in [1.82, 2.24) is 9.29 Å². The van der Waals surface area contributed by atoms with Crippen LogP contribution in [0.15, 0.2) is 35.2 Å². The van der Waals surface area contributed by atoms with E-state index >= 15 is 0 Å². The van der Waals surface area contributed by atoms with E-state index in [1.54, 1.807) is 37.5 Å². The average molecular weight is 453 g/mol. The lowest BCUT2D eigenvalue weighted by Gasteiger charge is -2.25. The topological polar surface area (TPSA) is 51.1 Å². The van der Waals surface area contributed by atoms with E-state index in [4.69, 9.17) is 0 Å². The number of benzene rings is 2. The second kappa shape index (κ2) is 7.98. The molecule has 1 unspecified atom stereocenters. The van der Waals surface area contributed by atoms with Crippen molar-refractivity contribution in [3.63, 3.8) is 0 Å². The van der Waals surface area contributed by atoms with Gasteiger partial charge in [-0.3, -0.25) is 0 Å². The first kappa shape index (κ1) is 23.3. The van der Waals surface area contributed by atoms with Crippen molar-refractivity contribution < 1.29 is 21.6 Å². The summed E-state index contributed by atoms with van der Waals surface area (Å²) < 4.78 is 71.6. The number of aromatic nitrogens is 1. The van der Waals surface area contributed by atoms with Crippen LogP contribution in [0, 0.1) is 41.5 Å². The van der Waals surface area contributed by atoms with Gasteiger partial charge in [0.25, 0.3) is 0 Å². The van der Waals surface area contributed by atoms with Gasteiger partial charge in [-0.05, 0) is 63.8 Å². The fourth-order valence-electron chi connectivity index (χ4n) is 4.34. The van der Waals surface area contributed by atoms with Gasteiger partial charge in [-0.2, -0.15) is 17.9 Å². The molecule has 0 aliphatic heterocycles. The van der Waals surface area contributed by atoms with E-state index in [1.807, 2.05) is 43.7 Å². The normalized spacial score (nSPS) is 13.7. The molecule has 0 amide bonds. The first-order valence-corrected chi connectivity index (χ1v) is 11.4. The number of halogens is 3. The number of rotatable bonds is 5. The van der Waals surface area contributed by atoms with Crippen LogP contribution in [0.1, 0.15) is 33.5 Å². The van der Waals surface area contributed by atoms with Gasteiger partial charge in [-0.25, -0.2) is 8.42 Å². The minimum absolute atomic E-state index is 0.103. The van der Waals surface area contributed by atoms with Gasteiger partial charge in [0.15, 0.2) is 0 Å². The van der Waals surface area contributed by atoms with Gasteiger partial charge in [-0.15, -0.1) is 0 Å². The van der Waals surface area contributed by atoms with Gasteiger partial charge in [0.05, 0.1) is 10.4 Å². The van der Waals surface area contributed by atoms with Crippen LogP contribution in [0.3, 0.4) is 0 Å². The summed E-state index contributed by atoms with van der Waals surface area (Å²) in [7, 11) is -4.39. The Morgan fingerprint density at radius 2 is 1.55 bits per heavy atom. The van der Waals surface area contributed by atoms with Crippen LogP contribution in [0.25, 0.3) is 10.9 Å². The maximum atomic E-state index is 14.0. The molecule has 0 aliphatic carbocycles. The van der Waals surface area contributed by atoms with Crippen molar-refractivity contribution in [2.75, 3.05) is 0 Å². The Labute approximate surface area is 181 Å². The summed E-state index contributed by atoms with van der Waals surface area (Å²) >= 11 is 0. The molecule has 0 fully saturated rings. The fraction of sp³-hybridized carbons (Fsp3) is 0.391. The molecular formula is C23H27F3N2O2S. The van der Waals surface area contributed by atoms with Gasteiger partial charge in [-0.1, -0.05) is 35.9 Å². The minimum atomic E-state index is -4.76. The molecule has 3 rings (SSSR count). The molecular weight excluding hydrogens is 425 g/mol. The maximum Gasteiger partial charge on any atom is 0.406 e. The summed E-state index contributed by atoms with van der Waals surface area (Å²) in [5.41, 5.74) is 4.77. The predicted octanol–water partition coefficient (Wildman–Crippen LogP) is 5.40. The minimum Gasteiger partial charge on any atom is -0.342 e. The maximum absolute atomic E-state index is 14.0. The smallest absolute Gasteiger partial charge is 0.342 e. The highest BCUT2D eigenvalue weighted by Crippen LogP contribution is 2.31. The van der Waals surface area contributed by atoms with Crippen LogP contribution in [-0.4, -0.2) is 25.2 Å². The summed E-state index contributed by atoms with van der Waals surface area (Å²) in [6.07, 6.45) is -4.76. The number of nitrogens with one attached hydrogen (secondary N) is 1. The van der Waals surface area contributed by atoms with Crippen molar-refractivity contribution >= 4 is 20.9 Å². The third-order valence-corrected chi connectivity index (χ3v) is 7.57. The zero-order valence-corrected chi connectivity index (χ0v) is 19.3. The molecule has 1 N–H and O–H groups in total. The molecule has 0 radical (unpaired) electrons. The first-order valence-electron chi connectivity index (χ1n) is 9.96. The van der Waals surface area contributed by atoms with Gasteiger partial charge < -0.3 is 4.57 Å². The van der Waals surface area contributed by atoms with Crippen molar-refractivity contribution in [1.29, 1.82) is 0 Å². The summed E-state index contributed by atoms with van der Waals surface area (Å²) in [6.45, 7) is 9.90. The van der Waals surface area contributed by atoms with Crippen LogP contribution < -0.4 is 4.72 Å². The van der Waals surface area contributed by atoms with Crippen molar-refractivity contribution in [2.24, 2.45) is 0 Å². The molecule has 31 heavy (non-hydrogen) atoms. The fourth-order valence-corrected chi connectivity index (χ4v) is 6.01. The number of alkyl halides is 3. The molecule has 3 aromatic rings.